The molecule has 0 radical (unpaired) electrons. The highest BCUT2D eigenvalue weighted by Crippen LogP contribution is 2.30. The van der Waals surface area contributed by atoms with E-state index >= 15 is 0 Å². The number of ketones is 1. The standard InChI is InChI=1S/C15H20FNOS/c1-15(2)7-8-17(9-10-19-15)11-14(18)12-3-5-13(16)6-4-12/h3-6H,7-11H2,1-2H3. The fourth-order valence-electron chi connectivity index (χ4n) is 2.15. The van der Waals surface area contributed by atoms with Gasteiger partial charge in [-0.15, -0.1) is 0 Å². The van der Waals surface area contributed by atoms with E-state index in [1.54, 1.807) is 12.1 Å². The third-order valence-electron chi connectivity index (χ3n) is 3.46. The number of Topliss-reactive ketones (excluding diaryl/α,β-unsaturated/α-hetero) is 1. The maximum Gasteiger partial charge on any atom is 0.176 e. The maximum absolute atomic E-state index is 12.8. The molecule has 2 rings (SSSR count). The van der Waals surface area contributed by atoms with Crippen molar-refractivity contribution in [1.29, 1.82) is 0 Å². The van der Waals surface area contributed by atoms with E-state index in [2.05, 4.69) is 18.7 Å². The van der Waals surface area contributed by atoms with Gasteiger partial charge in [-0.05, 0) is 37.2 Å². The topological polar surface area (TPSA) is 20.3 Å². The molecule has 19 heavy (non-hydrogen) atoms. The third-order valence-corrected chi connectivity index (χ3v) is 4.84. The molecule has 4 heteroatoms. The predicted octanol–water partition coefficient (Wildman–Crippen LogP) is 3.23. The molecule has 0 saturated carbocycles. The first kappa shape index (κ1) is 14.5. The van der Waals surface area contributed by atoms with Crippen LogP contribution >= 0.6 is 11.8 Å². The minimum absolute atomic E-state index is 0.0738. The SMILES string of the molecule is CC1(C)CCN(CC(=O)c2ccc(F)cc2)CCS1. The van der Waals surface area contributed by atoms with Gasteiger partial charge in [0, 0.05) is 22.6 Å². The average molecular weight is 281 g/mol. The summed E-state index contributed by atoms with van der Waals surface area (Å²) in [7, 11) is 0. The van der Waals surface area contributed by atoms with E-state index in [1.807, 2.05) is 11.8 Å². The van der Waals surface area contributed by atoms with Crippen LogP contribution in [0.5, 0.6) is 0 Å². The van der Waals surface area contributed by atoms with Gasteiger partial charge in [0.15, 0.2) is 5.78 Å². The van der Waals surface area contributed by atoms with Crippen LogP contribution in [0.2, 0.25) is 0 Å². The van der Waals surface area contributed by atoms with Crippen molar-refractivity contribution in [3.8, 4) is 0 Å². The summed E-state index contributed by atoms with van der Waals surface area (Å²) in [6, 6.07) is 5.81. The second kappa shape index (κ2) is 6.06. The zero-order valence-electron chi connectivity index (χ0n) is 11.5. The number of rotatable bonds is 3. The molecular weight excluding hydrogens is 261 g/mol. The Morgan fingerprint density at radius 1 is 1.32 bits per heavy atom. The Balaban J connectivity index is 1.93. The molecule has 1 aromatic rings. The van der Waals surface area contributed by atoms with E-state index in [1.165, 1.54) is 12.1 Å². The van der Waals surface area contributed by atoms with Crippen LogP contribution in [0.3, 0.4) is 0 Å². The maximum atomic E-state index is 12.8. The molecule has 1 aromatic carbocycles. The van der Waals surface area contributed by atoms with Gasteiger partial charge in [-0.1, -0.05) is 13.8 Å². The van der Waals surface area contributed by atoms with Gasteiger partial charge in [0.2, 0.25) is 0 Å². The van der Waals surface area contributed by atoms with Crippen molar-refractivity contribution in [2.24, 2.45) is 0 Å². The molecule has 0 atom stereocenters. The van der Waals surface area contributed by atoms with E-state index in [9.17, 15) is 9.18 Å². The lowest BCUT2D eigenvalue weighted by Gasteiger charge is -2.22. The van der Waals surface area contributed by atoms with E-state index in [0.29, 0.717) is 16.9 Å². The number of carbonyl (C=O) groups is 1. The van der Waals surface area contributed by atoms with E-state index in [-0.39, 0.29) is 11.6 Å². The van der Waals surface area contributed by atoms with E-state index in [0.717, 1.165) is 25.3 Å². The second-order valence-corrected chi connectivity index (χ2v) is 7.37. The molecule has 2 nitrogen and oxygen atoms in total. The highest BCUT2D eigenvalue weighted by Gasteiger charge is 2.24. The normalized spacial score (nSPS) is 19.9. The molecule has 0 N–H and O–H groups in total. The number of thioether (sulfide) groups is 1. The summed E-state index contributed by atoms with van der Waals surface area (Å²) in [5.74, 6) is 0.832. The minimum atomic E-state index is -0.301. The van der Waals surface area contributed by atoms with Crippen LogP contribution in [0.15, 0.2) is 24.3 Å². The van der Waals surface area contributed by atoms with E-state index in [4.69, 9.17) is 0 Å². The summed E-state index contributed by atoms with van der Waals surface area (Å²) in [6.07, 6.45) is 1.09. The van der Waals surface area contributed by atoms with Crippen molar-refractivity contribution in [1.82, 2.24) is 4.90 Å². The van der Waals surface area contributed by atoms with Gasteiger partial charge in [-0.25, -0.2) is 4.39 Å². The fraction of sp³-hybridized carbons (Fsp3) is 0.533. The predicted molar refractivity (Wildman–Crippen MR) is 78.3 cm³/mol. The van der Waals surface area contributed by atoms with Gasteiger partial charge in [-0.2, -0.15) is 11.8 Å². The molecule has 1 saturated heterocycles. The number of hydrogen-bond acceptors (Lipinski definition) is 3. The summed E-state index contributed by atoms with van der Waals surface area (Å²) in [5.41, 5.74) is 0.595. The molecule has 1 fully saturated rings. The largest absolute Gasteiger partial charge is 0.295 e. The van der Waals surface area contributed by atoms with Crippen molar-refractivity contribution in [2.45, 2.75) is 25.0 Å². The van der Waals surface area contributed by atoms with E-state index < -0.39 is 0 Å². The molecule has 0 amide bonds. The Morgan fingerprint density at radius 2 is 2.00 bits per heavy atom. The third kappa shape index (κ3) is 4.32. The number of hydrogen-bond donors (Lipinski definition) is 0. The average Bonchev–Trinajstić information content (AvgIpc) is 2.52. The molecule has 0 bridgehead atoms. The van der Waals surface area contributed by atoms with Gasteiger partial charge in [0.05, 0.1) is 6.54 Å². The Labute approximate surface area is 118 Å². The molecule has 1 aliphatic heterocycles. The molecular formula is C15H20FNOS. The van der Waals surface area contributed by atoms with Crippen LogP contribution in [-0.4, -0.2) is 40.8 Å². The van der Waals surface area contributed by atoms with Crippen LogP contribution in [0.4, 0.5) is 4.39 Å². The quantitative estimate of drug-likeness (QED) is 0.793. The van der Waals surface area contributed by atoms with Crippen molar-refractivity contribution >= 4 is 17.5 Å². The Bertz CT molecular complexity index is 444. The molecule has 1 aliphatic rings. The van der Waals surface area contributed by atoms with Gasteiger partial charge >= 0.3 is 0 Å². The second-order valence-electron chi connectivity index (χ2n) is 5.56. The lowest BCUT2D eigenvalue weighted by Crippen LogP contribution is -2.32. The summed E-state index contributed by atoms with van der Waals surface area (Å²) in [5, 5.41) is 0. The molecule has 1 heterocycles. The molecule has 0 spiro atoms. The lowest BCUT2D eigenvalue weighted by atomic mass is 10.1. The highest BCUT2D eigenvalue weighted by molar-refractivity contribution is 8.00. The molecule has 0 aliphatic carbocycles. The van der Waals surface area contributed by atoms with Crippen LogP contribution in [-0.2, 0) is 0 Å². The number of benzene rings is 1. The number of halogens is 1. The first-order valence-corrected chi connectivity index (χ1v) is 7.60. The Hall–Kier alpha value is -0.870. The minimum Gasteiger partial charge on any atom is -0.295 e. The summed E-state index contributed by atoms with van der Waals surface area (Å²) >= 11 is 1.97. The first-order chi connectivity index (χ1) is 8.96. The van der Waals surface area contributed by atoms with Crippen molar-refractivity contribution in [3.63, 3.8) is 0 Å². The van der Waals surface area contributed by atoms with Gasteiger partial charge in [-0.3, -0.25) is 9.69 Å². The molecule has 0 unspecified atom stereocenters. The highest BCUT2D eigenvalue weighted by atomic mass is 32.2. The number of nitrogens with zero attached hydrogens (tertiary/aromatic N) is 1. The Morgan fingerprint density at radius 3 is 2.68 bits per heavy atom. The zero-order valence-corrected chi connectivity index (χ0v) is 12.3. The fourth-order valence-corrected chi connectivity index (χ4v) is 3.29. The van der Waals surface area contributed by atoms with Crippen molar-refractivity contribution < 1.29 is 9.18 Å². The van der Waals surface area contributed by atoms with Crippen LogP contribution in [0.1, 0.15) is 30.6 Å². The number of carbonyl (C=O) groups excluding carboxylic acids is 1. The lowest BCUT2D eigenvalue weighted by molar-refractivity contribution is 0.0934. The molecule has 0 aromatic heterocycles. The van der Waals surface area contributed by atoms with Crippen molar-refractivity contribution in [2.75, 3.05) is 25.4 Å². The summed E-state index contributed by atoms with van der Waals surface area (Å²) in [4.78, 5) is 14.3. The summed E-state index contributed by atoms with van der Waals surface area (Å²) in [6.45, 7) is 6.84. The van der Waals surface area contributed by atoms with Crippen LogP contribution in [0, 0.1) is 5.82 Å². The molecule has 104 valence electrons. The summed E-state index contributed by atoms with van der Waals surface area (Å²) < 4.78 is 13.1. The Kier molecular flexibility index (Phi) is 4.63. The van der Waals surface area contributed by atoms with Gasteiger partial charge in [0.1, 0.15) is 5.82 Å². The van der Waals surface area contributed by atoms with Gasteiger partial charge in [0.25, 0.3) is 0 Å². The van der Waals surface area contributed by atoms with Crippen LogP contribution in [0.25, 0.3) is 0 Å². The van der Waals surface area contributed by atoms with Crippen molar-refractivity contribution in [3.05, 3.63) is 35.6 Å². The monoisotopic (exact) mass is 281 g/mol. The van der Waals surface area contributed by atoms with Crippen LogP contribution < -0.4 is 0 Å². The smallest absolute Gasteiger partial charge is 0.176 e. The first-order valence-electron chi connectivity index (χ1n) is 6.61. The van der Waals surface area contributed by atoms with Gasteiger partial charge < -0.3 is 0 Å². The zero-order chi connectivity index (χ0) is 13.9.